The van der Waals surface area contributed by atoms with E-state index in [4.69, 9.17) is 11.6 Å². The van der Waals surface area contributed by atoms with Gasteiger partial charge in [-0.3, -0.25) is 9.78 Å². The number of hydrogen-bond donors (Lipinski definition) is 1. The Hall–Kier alpha value is -2.07. The first-order chi connectivity index (χ1) is 9.72. The Balaban J connectivity index is 2.30. The van der Waals surface area contributed by atoms with Gasteiger partial charge in [0.2, 0.25) is 5.91 Å². The molecule has 0 radical (unpaired) electrons. The summed E-state index contributed by atoms with van der Waals surface area (Å²) in [6, 6.07) is 12.2. The molecular formula is C15H15ClN2O2. The zero-order valence-electron chi connectivity index (χ0n) is 10.9. The lowest BCUT2D eigenvalue weighted by Gasteiger charge is -2.23. The lowest BCUT2D eigenvalue weighted by Crippen LogP contribution is -2.30. The summed E-state index contributed by atoms with van der Waals surface area (Å²) in [5, 5.41) is 9.93. The number of carbonyl (C=O) groups is 1. The van der Waals surface area contributed by atoms with Crippen LogP contribution in [0.4, 0.5) is 5.69 Å². The first kappa shape index (κ1) is 14.3. The Morgan fingerprint density at radius 3 is 2.60 bits per heavy atom. The molecule has 1 aromatic carbocycles. The molecule has 0 atom stereocenters. The summed E-state index contributed by atoms with van der Waals surface area (Å²) in [6.07, 6.45) is 1.88. The average Bonchev–Trinajstić information content (AvgIpc) is 2.47. The zero-order valence-corrected chi connectivity index (χ0v) is 11.6. The van der Waals surface area contributed by atoms with E-state index in [-0.39, 0.29) is 24.0 Å². The molecule has 0 fully saturated rings. The molecule has 104 valence electrons. The van der Waals surface area contributed by atoms with Gasteiger partial charge in [0, 0.05) is 18.5 Å². The molecule has 0 spiro atoms. The number of hydrogen-bond acceptors (Lipinski definition) is 3. The highest BCUT2D eigenvalue weighted by atomic mass is 35.5. The van der Waals surface area contributed by atoms with Gasteiger partial charge < -0.3 is 10.0 Å². The molecule has 0 aliphatic heterocycles. The van der Waals surface area contributed by atoms with Crippen LogP contribution in [0, 0.1) is 0 Å². The largest absolute Gasteiger partial charge is 0.506 e. The van der Waals surface area contributed by atoms with Gasteiger partial charge in [-0.15, -0.1) is 11.6 Å². The number of amides is 1. The zero-order chi connectivity index (χ0) is 14.4. The molecule has 1 amide bonds. The first-order valence-corrected chi connectivity index (χ1v) is 6.80. The predicted molar refractivity (Wildman–Crippen MR) is 78.9 cm³/mol. The summed E-state index contributed by atoms with van der Waals surface area (Å²) in [5.41, 5.74) is 1.21. The monoisotopic (exact) mass is 290 g/mol. The quantitative estimate of drug-likeness (QED) is 0.862. The van der Waals surface area contributed by atoms with Crippen molar-refractivity contribution >= 4 is 23.2 Å². The average molecular weight is 291 g/mol. The van der Waals surface area contributed by atoms with E-state index in [1.165, 1.54) is 4.90 Å². The van der Waals surface area contributed by atoms with Crippen molar-refractivity contribution in [2.75, 3.05) is 10.8 Å². The van der Waals surface area contributed by atoms with Crippen molar-refractivity contribution in [2.45, 2.75) is 13.0 Å². The van der Waals surface area contributed by atoms with Crippen LogP contribution in [0.25, 0.3) is 0 Å². The molecule has 0 unspecified atom stereocenters. The normalized spacial score (nSPS) is 10.2. The van der Waals surface area contributed by atoms with E-state index in [9.17, 15) is 9.90 Å². The molecule has 0 aliphatic carbocycles. The van der Waals surface area contributed by atoms with Gasteiger partial charge in [-0.1, -0.05) is 18.2 Å². The van der Waals surface area contributed by atoms with Gasteiger partial charge in [0.05, 0.1) is 17.9 Å². The maximum atomic E-state index is 12.2. The summed E-state index contributed by atoms with van der Waals surface area (Å²) in [6.45, 7) is 0.300. The molecule has 20 heavy (non-hydrogen) atoms. The summed E-state index contributed by atoms with van der Waals surface area (Å²) < 4.78 is 0. The number of alkyl halides is 1. The maximum absolute atomic E-state index is 12.2. The summed E-state index contributed by atoms with van der Waals surface area (Å²) in [7, 11) is 0. The van der Waals surface area contributed by atoms with Gasteiger partial charge in [-0.05, 0) is 24.3 Å². The predicted octanol–water partition coefficient (Wildman–Crippen LogP) is 2.95. The molecule has 1 N–H and O–H groups in total. The van der Waals surface area contributed by atoms with Crippen LogP contribution in [0.2, 0.25) is 0 Å². The number of pyridine rings is 1. The third-order valence-corrected chi connectivity index (χ3v) is 3.02. The van der Waals surface area contributed by atoms with E-state index in [0.29, 0.717) is 12.2 Å². The van der Waals surface area contributed by atoms with Crippen LogP contribution in [0.15, 0.2) is 48.7 Å². The lowest BCUT2D eigenvalue weighted by molar-refractivity contribution is -0.118. The molecular weight excluding hydrogens is 276 g/mol. The summed E-state index contributed by atoms with van der Waals surface area (Å²) in [4.78, 5) is 17.9. The standard InChI is InChI=1S/C15H15ClN2O2/c16-9-8-15(20)18(11-12-5-3-4-10-17-12)13-6-1-2-7-14(13)19/h1-7,10,19H,8-9,11H2. The third-order valence-electron chi connectivity index (χ3n) is 2.83. The number of halogens is 1. The van der Waals surface area contributed by atoms with Crippen LogP contribution in [-0.2, 0) is 11.3 Å². The van der Waals surface area contributed by atoms with Gasteiger partial charge in [-0.2, -0.15) is 0 Å². The molecule has 0 aliphatic rings. The van der Waals surface area contributed by atoms with Crippen molar-refractivity contribution in [1.82, 2.24) is 4.98 Å². The van der Waals surface area contributed by atoms with Crippen molar-refractivity contribution in [1.29, 1.82) is 0 Å². The number of carbonyl (C=O) groups excluding carboxylic acids is 1. The smallest absolute Gasteiger partial charge is 0.228 e. The molecule has 2 aromatic rings. The fraction of sp³-hybridized carbons (Fsp3) is 0.200. The molecule has 0 bridgehead atoms. The Labute approximate surface area is 122 Å². The molecule has 2 rings (SSSR count). The van der Waals surface area contributed by atoms with E-state index >= 15 is 0 Å². The molecule has 4 nitrogen and oxygen atoms in total. The number of phenolic OH excluding ortho intramolecular Hbond substituents is 1. The van der Waals surface area contributed by atoms with Gasteiger partial charge >= 0.3 is 0 Å². The Morgan fingerprint density at radius 1 is 1.20 bits per heavy atom. The van der Waals surface area contributed by atoms with Crippen LogP contribution in [0.5, 0.6) is 5.75 Å². The maximum Gasteiger partial charge on any atom is 0.228 e. The van der Waals surface area contributed by atoms with Gasteiger partial charge in [0.25, 0.3) is 0 Å². The number of phenols is 1. The number of aromatic nitrogens is 1. The Morgan fingerprint density at radius 2 is 1.95 bits per heavy atom. The number of aromatic hydroxyl groups is 1. The number of para-hydroxylation sites is 2. The van der Waals surface area contributed by atoms with E-state index < -0.39 is 0 Å². The highest BCUT2D eigenvalue weighted by Crippen LogP contribution is 2.28. The highest BCUT2D eigenvalue weighted by Gasteiger charge is 2.18. The van der Waals surface area contributed by atoms with E-state index in [1.54, 1.807) is 30.5 Å². The molecule has 0 saturated carbocycles. The minimum atomic E-state index is -0.146. The van der Waals surface area contributed by atoms with Crippen LogP contribution in [0.3, 0.4) is 0 Å². The van der Waals surface area contributed by atoms with Crippen LogP contribution < -0.4 is 4.90 Å². The van der Waals surface area contributed by atoms with E-state index in [0.717, 1.165) is 5.69 Å². The molecule has 5 heteroatoms. The van der Waals surface area contributed by atoms with Crippen molar-refractivity contribution < 1.29 is 9.90 Å². The van der Waals surface area contributed by atoms with Crippen molar-refractivity contribution in [3.8, 4) is 5.75 Å². The van der Waals surface area contributed by atoms with Gasteiger partial charge in [-0.25, -0.2) is 0 Å². The second-order valence-corrected chi connectivity index (χ2v) is 4.61. The van der Waals surface area contributed by atoms with E-state index in [2.05, 4.69) is 4.98 Å². The van der Waals surface area contributed by atoms with Crippen LogP contribution >= 0.6 is 11.6 Å². The van der Waals surface area contributed by atoms with Crippen LogP contribution in [-0.4, -0.2) is 21.9 Å². The van der Waals surface area contributed by atoms with E-state index in [1.807, 2.05) is 18.2 Å². The number of nitrogens with zero attached hydrogens (tertiary/aromatic N) is 2. The topological polar surface area (TPSA) is 53.4 Å². The number of benzene rings is 1. The number of rotatable bonds is 5. The van der Waals surface area contributed by atoms with Crippen molar-refractivity contribution in [2.24, 2.45) is 0 Å². The fourth-order valence-corrected chi connectivity index (χ4v) is 2.03. The minimum absolute atomic E-state index is 0.0614. The second kappa shape index (κ2) is 6.91. The molecule has 0 saturated heterocycles. The summed E-state index contributed by atoms with van der Waals surface area (Å²) in [5.74, 6) is 0.157. The fourth-order valence-electron chi connectivity index (χ4n) is 1.87. The van der Waals surface area contributed by atoms with Crippen LogP contribution in [0.1, 0.15) is 12.1 Å². The highest BCUT2D eigenvalue weighted by molar-refractivity contribution is 6.19. The van der Waals surface area contributed by atoms with Gasteiger partial charge in [0.15, 0.2) is 0 Å². The molecule has 1 aromatic heterocycles. The molecule has 1 heterocycles. The minimum Gasteiger partial charge on any atom is -0.506 e. The first-order valence-electron chi connectivity index (χ1n) is 6.26. The Bertz CT molecular complexity index is 575. The lowest BCUT2D eigenvalue weighted by atomic mass is 10.2. The SMILES string of the molecule is O=C(CCCl)N(Cc1ccccn1)c1ccccc1O. The summed E-state index contributed by atoms with van der Waals surface area (Å²) >= 11 is 5.65. The Kier molecular flexibility index (Phi) is 4.96. The van der Waals surface area contributed by atoms with Crippen molar-refractivity contribution in [3.63, 3.8) is 0 Å². The third kappa shape index (κ3) is 3.48. The second-order valence-electron chi connectivity index (χ2n) is 4.23. The van der Waals surface area contributed by atoms with Crippen molar-refractivity contribution in [3.05, 3.63) is 54.4 Å². The number of anilines is 1. The van der Waals surface area contributed by atoms with Gasteiger partial charge in [0.1, 0.15) is 5.75 Å².